The van der Waals surface area contributed by atoms with E-state index in [2.05, 4.69) is 4.98 Å². The molecule has 6 nitrogen and oxygen atoms in total. The highest BCUT2D eigenvalue weighted by molar-refractivity contribution is 5.91. The lowest BCUT2D eigenvalue weighted by molar-refractivity contribution is -0.383. The number of nitro groups is 1. The predicted octanol–water partition coefficient (Wildman–Crippen LogP) is 3.52. The molecule has 3 rings (SSSR count). The SMILES string of the molecule is Nc1ccccc1Oc1ccnc2c([N+](=O)[O-])cccc12. The molecule has 6 heteroatoms. The van der Waals surface area contributed by atoms with Gasteiger partial charge in [-0.1, -0.05) is 18.2 Å². The fourth-order valence-electron chi connectivity index (χ4n) is 2.06. The van der Waals surface area contributed by atoms with E-state index in [1.807, 2.05) is 0 Å². The third-order valence-corrected chi connectivity index (χ3v) is 3.05. The van der Waals surface area contributed by atoms with Gasteiger partial charge in [0.1, 0.15) is 11.5 Å². The molecule has 0 fully saturated rings. The van der Waals surface area contributed by atoms with E-state index < -0.39 is 4.92 Å². The first-order valence-corrected chi connectivity index (χ1v) is 6.21. The molecule has 3 aromatic rings. The Hall–Kier alpha value is -3.15. The maximum Gasteiger partial charge on any atom is 0.295 e. The van der Waals surface area contributed by atoms with Gasteiger partial charge in [0.2, 0.25) is 0 Å². The van der Waals surface area contributed by atoms with E-state index in [-0.39, 0.29) is 11.2 Å². The Morgan fingerprint density at radius 1 is 1.05 bits per heavy atom. The number of hydrogen-bond acceptors (Lipinski definition) is 5. The van der Waals surface area contributed by atoms with Gasteiger partial charge in [-0.2, -0.15) is 0 Å². The van der Waals surface area contributed by atoms with Crippen molar-refractivity contribution >= 4 is 22.3 Å². The molecule has 21 heavy (non-hydrogen) atoms. The summed E-state index contributed by atoms with van der Waals surface area (Å²) in [7, 11) is 0. The van der Waals surface area contributed by atoms with Crippen LogP contribution in [0.5, 0.6) is 11.5 Å². The molecule has 0 bridgehead atoms. The summed E-state index contributed by atoms with van der Waals surface area (Å²) in [6.45, 7) is 0. The smallest absolute Gasteiger partial charge is 0.295 e. The Bertz CT molecular complexity index is 833. The Morgan fingerprint density at radius 2 is 1.86 bits per heavy atom. The van der Waals surface area contributed by atoms with Crippen LogP contribution in [0.4, 0.5) is 11.4 Å². The maximum atomic E-state index is 11.0. The van der Waals surface area contributed by atoms with Gasteiger partial charge in [-0.25, -0.2) is 4.98 Å². The van der Waals surface area contributed by atoms with Gasteiger partial charge < -0.3 is 10.5 Å². The molecule has 0 radical (unpaired) electrons. The number of non-ortho nitro benzene ring substituents is 1. The van der Waals surface area contributed by atoms with Crippen molar-refractivity contribution < 1.29 is 9.66 Å². The van der Waals surface area contributed by atoms with Gasteiger partial charge in [-0.3, -0.25) is 10.1 Å². The minimum atomic E-state index is -0.462. The number of nitro benzene ring substituents is 1. The Labute approximate surface area is 119 Å². The average Bonchev–Trinajstić information content (AvgIpc) is 2.49. The van der Waals surface area contributed by atoms with E-state index in [1.54, 1.807) is 42.5 Å². The minimum absolute atomic E-state index is 0.0565. The molecule has 1 aromatic heterocycles. The van der Waals surface area contributed by atoms with Crippen LogP contribution in [0.1, 0.15) is 0 Å². The average molecular weight is 281 g/mol. The number of pyridine rings is 1. The summed E-state index contributed by atoms with van der Waals surface area (Å²) >= 11 is 0. The van der Waals surface area contributed by atoms with Crippen LogP contribution in [0.2, 0.25) is 0 Å². The quantitative estimate of drug-likeness (QED) is 0.450. The molecular formula is C15H11N3O3. The number of nitrogens with zero attached hydrogens (tertiary/aromatic N) is 2. The first-order valence-electron chi connectivity index (χ1n) is 6.21. The number of nitrogen functional groups attached to an aromatic ring is 1. The number of anilines is 1. The number of aromatic nitrogens is 1. The lowest BCUT2D eigenvalue weighted by atomic mass is 10.2. The van der Waals surface area contributed by atoms with Gasteiger partial charge in [-0.05, 0) is 24.3 Å². The van der Waals surface area contributed by atoms with E-state index in [4.69, 9.17) is 10.5 Å². The fourth-order valence-corrected chi connectivity index (χ4v) is 2.06. The van der Waals surface area contributed by atoms with Crippen molar-refractivity contribution in [3.05, 3.63) is 64.8 Å². The minimum Gasteiger partial charge on any atom is -0.454 e. The number of rotatable bonds is 3. The van der Waals surface area contributed by atoms with Gasteiger partial charge in [0.25, 0.3) is 5.69 Å². The molecule has 2 N–H and O–H groups in total. The molecule has 0 unspecified atom stereocenters. The first kappa shape index (κ1) is 12.9. The second kappa shape index (κ2) is 5.09. The van der Waals surface area contributed by atoms with Gasteiger partial charge in [0, 0.05) is 12.3 Å². The van der Waals surface area contributed by atoms with Crippen LogP contribution < -0.4 is 10.5 Å². The highest BCUT2D eigenvalue weighted by Gasteiger charge is 2.15. The summed E-state index contributed by atoms with van der Waals surface area (Å²) in [4.78, 5) is 14.7. The zero-order valence-electron chi connectivity index (χ0n) is 10.9. The molecule has 0 amide bonds. The van der Waals surface area contributed by atoms with Crippen molar-refractivity contribution in [3.8, 4) is 11.5 Å². The van der Waals surface area contributed by atoms with Crippen molar-refractivity contribution in [2.75, 3.05) is 5.73 Å². The molecule has 1 heterocycles. The molecule has 2 aromatic carbocycles. The Balaban J connectivity index is 2.14. The predicted molar refractivity (Wildman–Crippen MR) is 79.3 cm³/mol. The second-order valence-electron chi connectivity index (χ2n) is 4.38. The Kier molecular flexibility index (Phi) is 3.12. The van der Waals surface area contributed by atoms with Gasteiger partial charge in [-0.15, -0.1) is 0 Å². The summed E-state index contributed by atoms with van der Waals surface area (Å²) in [6, 6.07) is 13.5. The van der Waals surface area contributed by atoms with Crippen molar-refractivity contribution in [2.45, 2.75) is 0 Å². The van der Waals surface area contributed by atoms with Crippen molar-refractivity contribution in [3.63, 3.8) is 0 Å². The molecule has 104 valence electrons. The van der Waals surface area contributed by atoms with E-state index in [0.29, 0.717) is 22.6 Å². The lowest BCUT2D eigenvalue weighted by Crippen LogP contribution is -1.95. The molecule has 0 aliphatic heterocycles. The van der Waals surface area contributed by atoms with Gasteiger partial charge in [0.05, 0.1) is 16.0 Å². The number of hydrogen-bond donors (Lipinski definition) is 1. The number of ether oxygens (including phenoxy) is 1. The van der Waals surface area contributed by atoms with Crippen LogP contribution in [0, 0.1) is 10.1 Å². The highest BCUT2D eigenvalue weighted by atomic mass is 16.6. The van der Waals surface area contributed by atoms with E-state index in [1.165, 1.54) is 12.3 Å². The largest absolute Gasteiger partial charge is 0.454 e. The molecule has 0 saturated carbocycles. The van der Waals surface area contributed by atoms with Crippen LogP contribution in [-0.2, 0) is 0 Å². The van der Waals surface area contributed by atoms with Crippen LogP contribution >= 0.6 is 0 Å². The standard InChI is InChI=1S/C15H11N3O3/c16-11-5-1-2-7-14(11)21-13-8-9-17-15-10(13)4-3-6-12(15)18(19)20/h1-9H,16H2. The van der Waals surface area contributed by atoms with Gasteiger partial charge in [0.15, 0.2) is 5.52 Å². The monoisotopic (exact) mass is 281 g/mol. The summed E-state index contributed by atoms with van der Waals surface area (Å²) in [5.74, 6) is 0.970. The second-order valence-corrected chi connectivity index (χ2v) is 4.38. The summed E-state index contributed by atoms with van der Waals surface area (Å²) in [5.41, 5.74) is 6.57. The van der Waals surface area contributed by atoms with Gasteiger partial charge >= 0.3 is 0 Å². The van der Waals surface area contributed by atoms with Crippen molar-refractivity contribution in [1.29, 1.82) is 0 Å². The zero-order chi connectivity index (χ0) is 14.8. The van der Waals surface area contributed by atoms with Crippen molar-refractivity contribution in [2.24, 2.45) is 0 Å². The third-order valence-electron chi connectivity index (χ3n) is 3.05. The maximum absolute atomic E-state index is 11.0. The third kappa shape index (κ3) is 2.34. The normalized spacial score (nSPS) is 10.5. The molecule has 0 aliphatic rings. The highest BCUT2D eigenvalue weighted by Crippen LogP contribution is 2.34. The molecule has 0 atom stereocenters. The molecule has 0 saturated heterocycles. The van der Waals surface area contributed by atoms with E-state index >= 15 is 0 Å². The van der Waals surface area contributed by atoms with Crippen LogP contribution in [0.15, 0.2) is 54.7 Å². The number of fused-ring (bicyclic) bond motifs is 1. The van der Waals surface area contributed by atoms with Crippen LogP contribution in [-0.4, -0.2) is 9.91 Å². The summed E-state index contributed by atoms with van der Waals surface area (Å²) in [6.07, 6.45) is 1.48. The van der Waals surface area contributed by atoms with E-state index in [9.17, 15) is 10.1 Å². The first-order chi connectivity index (χ1) is 10.2. The number of nitrogens with two attached hydrogens (primary N) is 1. The number of para-hydroxylation sites is 3. The van der Waals surface area contributed by atoms with E-state index in [0.717, 1.165) is 0 Å². The number of benzene rings is 2. The molecule has 0 spiro atoms. The van der Waals surface area contributed by atoms with Crippen molar-refractivity contribution in [1.82, 2.24) is 4.98 Å². The van der Waals surface area contributed by atoms with Crippen LogP contribution in [0.3, 0.4) is 0 Å². The fraction of sp³-hybridized carbons (Fsp3) is 0. The molecular weight excluding hydrogens is 270 g/mol. The Morgan fingerprint density at radius 3 is 2.62 bits per heavy atom. The molecule has 0 aliphatic carbocycles. The zero-order valence-corrected chi connectivity index (χ0v) is 10.9. The summed E-state index contributed by atoms with van der Waals surface area (Å²) < 4.78 is 5.77. The lowest BCUT2D eigenvalue weighted by Gasteiger charge is -2.10. The van der Waals surface area contributed by atoms with Crippen LogP contribution in [0.25, 0.3) is 10.9 Å². The summed E-state index contributed by atoms with van der Waals surface area (Å²) in [5, 5.41) is 11.6. The topological polar surface area (TPSA) is 91.3 Å².